The molecule has 4 aromatic rings. The monoisotopic (exact) mass is 714 g/mol. The van der Waals surface area contributed by atoms with Crippen molar-refractivity contribution in [2.75, 3.05) is 0 Å². The molecule has 0 atom stereocenters. The largest absolute Gasteiger partial charge is 0.500 e. The van der Waals surface area contributed by atoms with E-state index in [1.54, 1.807) is 19.9 Å². The summed E-state index contributed by atoms with van der Waals surface area (Å²) in [6, 6.07) is 12.2. The first-order valence-corrected chi connectivity index (χ1v) is 15.4. The first-order chi connectivity index (χ1) is 22.8. The van der Waals surface area contributed by atoms with Crippen molar-refractivity contribution in [1.82, 2.24) is 0 Å². The summed E-state index contributed by atoms with van der Waals surface area (Å²) in [5.74, 6) is -3.26. The van der Waals surface area contributed by atoms with E-state index in [1.807, 2.05) is 27.7 Å². The number of alkyl halides is 6. The fourth-order valence-corrected chi connectivity index (χ4v) is 5.13. The van der Waals surface area contributed by atoms with Gasteiger partial charge in [-0.1, -0.05) is 24.3 Å². The third-order valence-corrected chi connectivity index (χ3v) is 8.64. The Balaban J connectivity index is 0.000000209. The molecule has 1 saturated heterocycles. The molecule has 0 N–H and O–H groups in total. The van der Waals surface area contributed by atoms with Crippen LogP contribution in [0, 0.1) is 57.9 Å². The lowest BCUT2D eigenvalue weighted by Crippen LogP contribution is -2.41. The van der Waals surface area contributed by atoms with Gasteiger partial charge in [0.1, 0.15) is 23.3 Å². The van der Waals surface area contributed by atoms with Crippen molar-refractivity contribution in [3.63, 3.8) is 0 Å². The molecule has 1 aliphatic heterocycles. The van der Waals surface area contributed by atoms with Crippen molar-refractivity contribution in [2.24, 2.45) is 0 Å². The summed E-state index contributed by atoms with van der Waals surface area (Å²) in [5.41, 5.74) is -2.05. The van der Waals surface area contributed by atoms with Gasteiger partial charge in [-0.15, -0.1) is 0 Å². The highest BCUT2D eigenvalue weighted by molar-refractivity contribution is 6.62. The Morgan fingerprint density at radius 3 is 1.30 bits per heavy atom. The van der Waals surface area contributed by atoms with Gasteiger partial charge in [0.15, 0.2) is 0 Å². The second-order valence-electron chi connectivity index (χ2n) is 13.1. The van der Waals surface area contributed by atoms with Gasteiger partial charge in [-0.05, 0) is 127 Å². The maximum Gasteiger partial charge on any atom is 0.500 e. The van der Waals surface area contributed by atoms with Crippen LogP contribution in [0.4, 0.5) is 43.9 Å². The molecule has 0 radical (unpaired) electrons. The second-order valence-corrected chi connectivity index (χ2v) is 13.1. The van der Waals surface area contributed by atoms with Gasteiger partial charge in [0, 0.05) is 5.56 Å². The van der Waals surface area contributed by atoms with Crippen LogP contribution in [0.25, 0.3) is 11.1 Å². The number of halogens is 10. The molecule has 270 valence electrons. The van der Waals surface area contributed by atoms with Crippen LogP contribution in [-0.4, -0.2) is 18.3 Å². The quantitative estimate of drug-likeness (QED) is 0.152. The Morgan fingerprint density at radius 1 is 0.520 bits per heavy atom. The summed E-state index contributed by atoms with van der Waals surface area (Å²) in [5, 5.41) is 0. The van der Waals surface area contributed by atoms with Crippen molar-refractivity contribution in [1.29, 1.82) is 0 Å². The van der Waals surface area contributed by atoms with Crippen molar-refractivity contribution in [2.45, 2.75) is 85.9 Å². The van der Waals surface area contributed by atoms with E-state index in [4.69, 9.17) is 9.31 Å². The summed E-state index contributed by atoms with van der Waals surface area (Å²) in [6.45, 7) is 15.0. The molecule has 1 heterocycles. The Hall–Kier alpha value is -3.84. The van der Waals surface area contributed by atoms with Crippen molar-refractivity contribution >= 4 is 12.6 Å². The molecular formula is C37H37BF10O2. The zero-order chi connectivity index (χ0) is 38.1. The summed E-state index contributed by atoms with van der Waals surface area (Å²) >= 11 is 0. The van der Waals surface area contributed by atoms with Gasteiger partial charge in [0.25, 0.3) is 0 Å². The first-order valence-electron chi connectivity index (χ1n) is 15.4. The van der Waals surface area contributed by atoms with Crippen LogP contribution < -0.4 is 5.46 Å². The smallest absolute Gasteiger partial charge is 0.399 e. The summed E-state index contributed by atoms with van der Waals surface area (Å²) in [6.07, 6.45) is -8.90. The molecule has 0 saturated carbocycles. The number of aryl methyl sites for hydroxylation is 4. The maximum atomic E-state index is 13.9. The van der Waals surface area contributed by atoms with Crippen LogP contribution >= 0.6 is 0 Å². The molecule has 50 heavy (non-hydrogen) atoms. The van der Waals surface area contributed by atoms with Crippen LogP contribution in [0.5, 0.6) is 0 Å². The Kier molecular flexibility index (Phi) is 12.0. The Labute approximate surface area is 285 Å². The average molecular weight is 714 g/mol. The number of hydrogen-bond donors (Lipinski definition) is 0. The maximum absolute atomic E-state index is 13.9. The highest BCUT2D eigenvalue weighted by atomic mass is 19.4. The van der Waals surface area contributed by atoms with Gasteiger partial charge >= 0.3 is 19.5 Å². The molecule has 1 fully saturated rings. The van der Waals surface area contributed by atoms with E-state index in [1.165, 1.54) is 51.1 Å². The third kappa shape index (κ3) is 9.09. The van der Waals surface area contributed by atoms with Crippen molar-refractivity contribution in [3.05, 3.63) is 123 Å². The van der Waals surface area contributed by atoms with Gasteiger partial charge in [-0.25, -0.2) is 17.6 Å². The summed E-state index contributed by atoms with van der Waals surface area (Å²) < 4.78 is 143. The predicted octanol–water partition coefficient (Wildman–Crippen LogP) is 11.2. The lowest BCUT2D eigenvalue weighted by Gasteiger charge is -2.32. The van der Waals surface area contributed by atoms with Crippen LogP contribution in [0.15, 0.2) is 60.7 Å². The van der Waals surface area contributed by atoms with Gasteiger partial charge in [0.2, 0.25) is 0 Å². The SMILES string of the molecule is Cc1cc(F)c(-c2c(C)cccc2C(F)(F)F)c(F)c1.Cc1cc(F)c(B2OC(C)(C)C(C)(C)O2)c(F)c1.Cc1cccc(C(F)(F)F)c1C. The standard InChI is InChI=1S/C15H11F5.C13H17BF2O2.C9H9F3/c1-8-6-11(16)14(12(17)7-8)13-9(2)4-3-5-10(13)15(18,19)20;1-8-6-9(15)11(10(16)7-8)14-17-12(2,3)13(4,5)18-14;1-6-4-3-5-8(7(6)2)9(10,11)12/h3-7H,1-2H3;6-7H,1-5H3;3-5H,1-2H3. The molecule has 0 aromatic heterocycles. The fraction of sp³-hybridized carbons (Fsp3) is 0.351. The van der Waals surface area contributed by atoms with Crippen LogP contribution in [0.3, 0.4) is 0 Å². The zero-order valence-electron chi connectivity index (χ0n) is 28.9. The molecule has 0 spiro atoms. The van der Waals surface area contributed by atoms with E-state index >= 15 is 0 Å². The van der Waals surface area contributed by atoms with Crippen molar-refractivity contribution < 1.29 is 53.2 Å². The number of benzene rings is 4. The minimum absolute atomic E-state index is 0.153. The van der Waals surface area contributed by atoms with Crippen LogP contribution in [0.1, 0.15) is 66.6 Å². The Bertz CT molecular complexity index is 1780. The first kappa shape index (κ1) is 40.6. The molecule has 4 aromatic carbocycles. The highest BCUT2D eigenvalue weighted by Gasteiger charge is 2.53. The van der Waals surface area contributed by atoms with E-state index in [2.05, 4.69) is 0 Å². The third-order valence-electron chi connectivity index (χ3n) is 8.64. The molecule has 5 rings (SSSR count). The lowest BCUT2D eigenvalue weighted by atomic mass is 9.78. The molecule has 0 amide bonds. The molecule has 13 heteroatoms. The van der Waals surface area contributed by atoms with Gasteiger partial charge in [0.05, 0.1) is 33.4 Å². The number of hydrogen-bond acceptors (Lipinski definition) is 2. The van der Waals surface area contributed by atoms with E-state index in [0.29, 0.717) is 22.3 Å². The lowest BCUT2D eigenvalue weighted by molar-refractivity contribution is -0.138. The highest BCUT2D eigenvalue weighted by Crippen LogP contribution is 2.41. The summed E-state index contributed by atoms with van der Waals surface area (Å²) in [4.78, 5) is 0. The van der Waals surface area contributed by atoms with Crippen molar-refractivity contribution in [3.8, 4) is 11.1 Å². The summed E-state index contributed by atoms with van der Waals surface area (Å²) in [7, 11) is -1.00. The molecule has 2 nitrogen and oxygen atoms in total. The molecule has 0 aliphatic carbocycles. The van der Waals surface area contributed by atoms with Crippen LogP contribution in [-0.2, 0) is 21.7 Å². The average Bonchev–Trinajstić information content (AvgIpc) is 3.15. The van der Waals surface area contributed by atoms with Gasteiger partial charge in [-0.3, -0.25) is 0 Å². The predicted molar refractivity (Wildman–Crippen MR) is 174 cm³/mol. The van der Waals surface area contributed by atoms with E-state index < -0.39 is 76.2 Å². The molecule has 1 aliphatic rings. The van der Waals surface area contributed by atoms with Gasteiger partial charge in [-0.2, -0.15) is 26.3 Å². The normalized spacial score (nSPS) is 15.2. The number of rotatable bonds is 2. The topological polar surface area (TPSA) is 18.5 Å². The minimum atomic E-state index is -4.68. The van der Waals surface area contributed by atoms with E-state index in [0.717, 1.165) is 24.3 Å². The Morgan fingerprint density at radius 2 is 0.900 bits per heavy atom. The molecule has 0 unspecified atom stereocenters. The molecular weight excluding hydrogens is 677 g/mol. The van der Waals surface area contributed by atoms with E-state index in [-0.39, 0.29) is 11.0 Å². The van der Waals surface area contributed by atoms with Crippen LogP contribution in [0.2, 0.25) is 0 Å². The van der Waals surface area contributed by atoms with E-state index in [9.17, 15) is 43.9 Å². The van der Waals surface area contributed by atoms with Gasteiger partial charge < -0.3 is 9.31 Å². The minimum Gasteiger partial charge on any atom is -0.399 e. The zero-order valence-corrected chi connectivity index (χ0v) is 28.9. The second kappa shape index (κ2) is 14.8. The molecule has 0 bridgehead atoms. The fourth-order valence-electron chi connectivity index (χ4n) is 5.13.